The van der Waals surface area contributed by atoms with Gasteiger partial charge in [-0.15, -0.1) is 0 Å². The van der Waals surface area contributed by atoms with Crippen LogP contribution in [-0.4, -0.2) is 17.5 Å². The predicted molar refractivity (Wildman–Crippen MR) is 99.3 cm³/mol. The van der Waals surface area contributed by atoms with Gasteiger partial charge in [0.25, 0.3) is 5.91 Å². The first kappa shape index (κ1) is 16.5. The van der Waals surface area contributed by atoms with Crippen LogP contribution in [0.4, 0.5) is 17.2 Å². The Kier molecular flexibility index (Phi) is 5.26. The summed E-state index contributed by atoms with van der Waals surface area (Å²) in [7, 11) is 0. The van der Waals surface area contributed by atoms with Crippen LogP contribution in [0.15, 0.2) is 72.9 Å². The summed E-state index contributed by atoms with van der Waals surface area (Å²) < 4.78 is 5.45. The molecule has 0 radical (unpaired) electrons. The quantitative estimate of drug-likeness (QED) is 0.711. The molecule has 0 bridgehead atoms. The van der Waals surface area contributed by atoms with Crippen molar-refractivity contribution in [3.05, 3.63) is 78.5 Å². The fraction of sp³-hybridized carbons (Fsp3) is 0.100. The van der Waals surface area contributed by atoms with Crippen LogP contribution in [0.25, 0.3) is 0 Å². The lowest BCUT2D eigenvalue weighted by molar-refractivity contribution is -0.118. The molecule has 5 nitrogen and oxygen atoms in total. The molecular weight excluding hydrogens is 314 g/mol. The van der Waals surface area contributed by atoms with Gasteiger partial charge < -0.3 is 15.4 Å². The third-order valence-corrected chi connectivity index (χ3v) is 3.48. The van der Waals surface area contributed by atoms with Gasteiger partial charge in [-0.05, 0) is 43.3 Å². The second kappa shape index (κ2) is 7.97. The van der Waals surface area contributed by atoms with Gasteiger partial charge in [0.15, 0.2) is 6.61 Å². The number of benzene rings is 2. The Balaban J connectivity index is 1.50. The average Bonchev–Trinajstić information content (AvgIpc) is 2.64. The van der Waals surface area contributed by atoms with Crippen molar-refractivity contribution < 1.29 is 9.53 Å². The molecule has 0 aliphatic carbocycles. The third-order valence-electron chi connectivity index (χ3n) is 3.48. The van der Waals surface area contributed by atoms with Crippen molar-refractivity contribution in [2.75, 3.05) is 17.2 Å². The van der Waals surface area contributed by atoms with Crippen LogP contribution in [0.1, 0.15) is 5.56 Å². The summed E-state index contributed by atoms with van der Waals surface area (Å²) in [5.41, 5.74) is 2.97. The molecule has 1 aromatic heterocycles. The number of aryl methyl sites for hydroxylation is 1. The van der Waals surface area contributed by atoms with Crippen molar-refractivity contribution in [2.24, 2.45) is 0 Å². The molecule has 25 heavy (non-hydrogen) atoms. The monoisotopic (exact) mass is 333 g/mol. The minimum atomic E-state index is -0.253. The summed E-state index contributed by atoms with van der Waals surface area (Å²) in [6, 6.07) is 21.0. The molecule has 3 aromatic rings. The van der Waals surface area contributed by atoms with Gasteiger partial charge in [-0.2, -0.15) is 0 Å². The number of aromatic nitrogens is 1. The zero-order valence-electron chi connectivity index (χ0n) is 13.9. The van der Waals surface area contributed by atoms with E-state index in [1.807, 2.05) is 67.6 Å². The Morgan fingerprint density at radius 1 is 0.960 bits per heavy atom. The van der Waals surface area contributed by atoms with E-state index in [4.69, 9.17) is 4.74 Å². The SMILES string of the molecule is Cc1ccc(OCC(=O)Nc2ccc(Nc3ccccc3)cn2)cc1. The topological polar surface area (TPSA) is 63.2 Å². The first-order chi connectivity index (χ1) is 12.2. The van der Waals surface area contributed by atoms with Crippen LogP contribution in [0.2, 0.25) is 0 Å². The van der Waals surface area contributed by atoms with Gasteiger partial charge in [0.05, 0.1) is 11.9 Å². The van der Waals surface area contributed by atoms with Gasteiger partial charge in [0.1, 0.15) is 11.6 Å². The fourth-order valence-electron chi connectivity index (χ4n) is 2.19. The molecule has 2 N–H and O–H groups in total. The van der Waals surface area contributed by atoms with Crippen LogP contribution in [0, 0.1) is 6.92 Å². The van der Waals surface area contributed by atoms with E-state index in [9.17, 15) is 4.79 Å². The molecule has 0 saturated heterocycles. The number of hydrogen-bond donors (Lipinski definition) is 2. The van der Waals surface area contributed by atoms with E-state index in [1.54, 1.807) is 12.3 Å². The molecule has 126 valence electrons. The van der Waals surface area contributed by atoms with E-state index < -0.39 is 0 Å². The van der Waals surface area contributed by atoms with E-state index in [0.717, 1.165) is 16.9 Å². The molecule has 0 aliphatic rings. The van der Waals surface area contributed by atoms with Crippen molar-refractivity contribution in [1.82, 2.24) is 4.98 Å². The highest BCUT2D eigenvalue weighted by atomic mass is 16.5. The van der Waals surface area contributed by atoms with Crippen molar-refractivity contribution >= 4 is 23.1 Å². The van der Waals surface area contributed by atoms with Crippen LogP contribution in [0.3, 0.4) is 0 Å². The number of anilines is 3. The predicted octanol–water partition coefficient (Wildman–Crippen LogP) is 4.15. The number of hydrogen-bond acceptors (Lipinski definition) is 4. The van der Waals surface area contributed by atoms with Gasteiger partial charge in [-0.3, -0.25) is 4.79 Å². The second-order valence-corrected chi connectivity index (χ2v) is 5.57. The number of carbonyl (C=O) groups excluding carboxylic acids is 1. The number of pyridine rings is 1. The van der Waals surface area contributed by atoms with Crippen molar-refractivity contribution in [3.8, 4) is 5.75 Å². The molecular formula is C20H19N3O2. The van der Waals surface area contributed by atoms with Crippen LogP contribution >= 0.6 is 0 Å². The Bertz CT molecular complexity index is 816. The van der Waals surface area contributed by atoms with E-state index in [2.05, 4.69) is 15.6 Å². The molecule has 0 fully saturated rings. The first-order valence-corrected chi connectivity index (χ1v) is 7.96. The van der Waals surface area contributed by atoms with E-state index >= 15 is 0 Å². The maximum absolute atomic E-state index is 11.9. The summed E-state index contributed by atoms with van der Waals surface area (Å²) in [5, 5.41) is 5.95. The van der Waals surface area contributed by atoms with Gasteiger partial charge in [-0.1, -0.05) is 35.9 Å². The number of rotatable bonds is 6. The lowest BCUT2D eigenvalue weighted by atomic mass is 10.2. The minimum Gasteiger partial charge on any atom is -0.484 e. The molecule has 0 spiro atoms. The number of carbonyl (C=O) groups is 1. The van der Waals surface area contributed by atoms with Crippen LogP contribution in [-0.2, 0) is 4.79 Å². The van der Waals surface area contributed by atoms with Gasteiger partial charge >= 0.3 is 0 Å². The zero-order valence-corrected chi connectivity index (χ0v) is 13.9. The summed E-state index contributed by atoms with van der Waals surface area (Å²) in [6.45, 7) is 1.94. The van der Waals surface area contributed by atoms with E-state index in [1.165, 1.54) is 0 Å². The minimum absolute atomic E-state index is 0.0608. The molecule has 2 aromatic carbocycles. The normalized spacial score (nSPS) is 10.1. The van der Waals surface area contributed by atoms with Crippen molar-refractivity contribution in [2.45, 2.75) is 6.92 Å². The third kappa shape index (κ3) is 5.07. The maximum Gasteiger partial charge on any atom is 0.263 e. The fourth-order valence-corrected chi connectivity index (χ4v) is 2.19. The number of para-hydroxylation sites is 1. The van der Waals surface area contributed by atoms with Crippen LogP contribution < -0.4 is 15.4 Å². The summed E-state index contributed by atoms with van der Waals surface area (Å²) in [4.78, 5) is 16.2. The van der Waals surface area contributed by atoms with E-state index in [-0.39, 0.29) is 12.5 Å². The molecule has 0 aliphatic heterocycles. The summed E-state index contributed by atoms with van der Waals surface area (Å²) in [5.74, 6) is 0.893. The standard InChI is InChI=1S/C20H19N3O2/c1-15-7-10-18(11-8-15)25-14-20(24)23-19-12-9-17(13-21-19)22-16-5-3-2-4-6-16/h2-13,22H,14H2,1H3,(H,21,23,24). The van der Waals surface area contributed by atoms with Crippen molar-refractivity contribution in [3.63, 3.8) is 0 Å². The summed E-state index contributed by atoms with van der Waals surface area (Å²) in [6.07, 6.45) is 1.67. The maximum atomic E-state index is 11.9. The molecule has 0 unspecified atom stereocenters. The second-order valence-electron chi connectivity index (χ2n) is 5.57. The molecule has 3 rings (SSSR count). The average molecular weight is 333 g/mol. The Hall–Kier alpha value is -3.34. The highest BCUT2D eigenvalue weighted by Gasteiger charge is 2.05. The van der Waals surface area contributed by atoms with E-state index in [0.29, 0.717) is 11.6 Å². The zero-order chi connectivity index (χ0) is 17.5. The summed E-state index contributed by atoms with van der Waals surface area (Å²) >= 11 is 0. The largest absolute Gasteiger partial charge is 0.484 e. The number of ether oxygens (including phenoxy) is 1. The smallest absolute Gasteiger partial charge is 0.263 e. The first-order valence-electron chi connectivity index (χ1n) is 7.96. The molecule has 1 amide bonds. The lowest BCUT2D eigenvalue weighted by Gasteiger charge is -2.09. The highest BCUT2D eigenvalue weighted by Crippen LogP contribution is 2.16. The number of nitrogens with one attached hydrogen (secondary N) is 2. The van der Waals surface area contributed by atoms with Crippen LogP contribution in [0.5, 0.6) is 5.75 Å². The molecule has 1 heterocycles. The lowest BCUT2D eigenvalue weighted by Crippen LogP contribution is -2.20. The number of nitrogens with zero attached hydrogens (tertiary/aromatic N) is 1. The van der Waals surface area contributed by atoms with Gasteiger partial charge in [-0.25, -0.2) is 4.98 Å². The molecule has 5 heteroatoms. The molecule has 0 atom stereocenters. The van der Waals surface area contributed by atoms with Crippen molar-refractivity contribution in [1.29, 1.82) is 0 Å². The van der Waals surface area contributed by atoms with Gasteiger partial charge in [0.2, 0.25) is 0 Å². The highest BCUT2D eigenvalue weighted by molar-refractivity contribution is 5.91. The Labute approximate surface area is 146 Å². The number of amides is 1. The Morgan fingerprint density at radius 2 is 1.72 bits per heavy atom. The Morgan fingerprint density at radius 3 is 2.40 bits per heavy atom. The molecule has 0 saturated carbocycles. The van der Waals surface area contributed by atoms with Gasteiger partial charge in [0, 0.05) is 5.69 Å².